The zero-order chi connectivity index (χ0) is 14.9. The van der Waals surface area contributed by atoms with E-state index in [0.717, 1.165) is 4.47 Å². The van der Waals surface area contributed by atoms with Crippen LogP contribution < -0.4 is 5.73 Å². The quantitative estimate of drug-likeness (QED) is 0.826. The molecule has 8 heteroatoms. The summed E-state index contributed by atoms with van der Waals surface area (Å²) in [5.41, 5.74) is 6.40. The van der Waals surface area contributed by atoms with Gasteiger partial charge in [-0.1, -0.05) is 39.1 Å². The van der Waals surface area contributed by atoms with Crippen LogP contribution >= 0.6 is 39.1 Å². The molecule has 0 amide bonds. The standard InChI is InChI=1S/C12H10BrCl2N3O2/c1-2-20-12(19)9-11(16)18(5-17-9)10-7(14)3-6(13)4-8(10)15/h3-5H,2,16H2,1H3. The zero-order valence-electron chi connectivity index (χ0n) is 10.4. The van der Waals surface area contributed by atoms with E-state index in [-0.39, 0.29) is 18.1 Å². The summed E-state index contributed by atoms with van der Waals surface area (Å²) in [5, 5.41) is 0.757. The minimum Gasteiger partial charge on any atom is -0.461 e. The van der Waals surface area contributed by atoms with E-state index in [0.29, 0.717) is 15.7 Å². The highest BCUT2D eigenvalue weighted by atomic mass is 79.9. The molecule has 0 aliphatic carbocycles. The van der Waals surface area contributed by atoms with E-state index < -0.39 is 5.97 Å². The monoisotopic (exact) mass is 377 g/mol. The normalized spacial score (nSPS) is 10.6. The predicted molar refractivity (Wildman–Crippen MR) is 81.7 cm³/mol. The summed E-state index contributed by atoms with van der Waals surface area (Å²) in [6.45, 7) is 1.94. The van der Waals surface area contributed by atoms with E-state index in [1.807, 2.05) is 0 Å². The predicted octanol–water partition coefficient (Wildman–Crippen LogP) is 3.70. The van der Waals surface area contributed by atoms with Crippen molar-refractivity contribution in [2.24, 2.45) is 0 Å². The molecular formula is C12H10BrCl2N3O2. The molecule has 0 aliphatic rings. The molecule has 0 unspecified atom stereocenters. The fourth-order valence-electron chi connectivity index (χ4n) is 1.66. The van der Waals surface area contributed by atoms with Crippen molar-refractivity contribution in [1.29, 1.82) is 0 Å². The molecule has 2 aromatic rings. The molecule has 2 N–H and O–H groups in total. The number of carbonyl (C=O) groups excluding carboxylic acids is 1. The Bertz CT molecular complexity index is 650. The zero-order valence-corrected chi connectivity index (χ0v) is 13.5. The third kappa shape index (κ3) is 2.77. The van der Waals surface area contributed by atoms with Crippen LogP contribution in [0, 0.1) is 0 Å². The van der Waals surface area contributed by atoms with Gasteiger partial charge in [-0.15, -0.1) is 0 Å². The number of nitrogen functional groups attached to an aromatic ring is 1. The van der Waals surface area contributed by atoms with Crippen LogP contribution in [0.4, 0.5) is 5.82 Å². The summed E-state index contributed by atoms with van der Waals surface area (Å²) in [6.07, 6.45) is 1.38. The molecule has 0 saturated heterocycles. The lowest BCUT2D eigenvalue weighted by molar-refractivity contribution is 0.0521. The van der Waals surface area contributed by atoms with Crippen LogP contribution in [0.3, 0.4) is 0 Å². The first kappa shape index (κ1) is 15.2. The number of carbonyl (C=O) groups is 1. The molecule has 106 valence electrons. The van der Waals surface area contributed by atoms with Gasteiger partial charge in [0.15, 0.2) is 5.69 Å². The van der Waals surface area contributed by atoms with Gasteiger partial charge in [-0.05, 0) is 19.1 Å². The van der Waals surface area contributed by atoms with Gasteiger partial charge in [0, 0.05) is 4.47 Å². The molecule has 0 saturated carbocycles. The molecule has 0 fully saturated rings. The van der Waals surface area contributed by atoms with Gasteiger partial charge in [0.2, 0.25) is 0 Å². The largest absolute Gasteiger partial charge is 0.461 e. The molecule has 2 rings (SSSR count). The number of hydrogen-bond acceptors (Lipinski definition) is 4. The van der Waals surface area contributed by atoms with E-state index >= 15 is 0 Å². The molecule has 1 heterocycles. The number of hydrogen-bond donors (Lipinski definition) is 1. The molecule has 0 bridgehead atoms. The average Bonchev–Trinajstić information content (AvgIpc) is 2.71. The van der Waals surface area contributed by atoms with Gasteiger partial charge in [-0.2, -0.15) is 0 Å². The molecule has 1 aromatic carbocycles. The maximum atomic E-state index is 11.7. The first-order chi connectivity index (χ1) is 9.45. The van der Waals surface area contributed by atoms with E-state index in [1.54, 1.807) is 19.1 Å². The summed E-state index contributed by atoms with van der Waals surface area (Å²) in [5.74, 6) is -0.470. The van der Waals surface area contributed by atoms with Gasteiger partial charge in [-0.25, -0.2) is 9.78 Å². The second-order valence-electron chi connectivity index (χ2n) is 3.79. The fourth-order valence-corrected chi connectivity index (χ4v) is 3.05. The Balaban J connectivity index is 2.53. The molecule has 1 aromatic heterocycles. The van der Waals surface area contributed by atoms with Crippen LogP contribution in [0.2, 0.25) is 10.0 Å². The van der Waals surface area contributed by atoms with Gasteiger partial charge in [0.25, 0.3) is 0 Å². The van der Waals surface area contributed by atoms with E-state index in [1.165, 1.54) is 10.9 Å². The highest BCUT2D eigenvalue weighted by molar-refractivity contribution is 9.10. The number of ether oxygens (including phenoxy) is 1. The Morgan fingerprint density at radius 3 is 2.60 bits per heavy atom. The van der Waals surface area contributed by atoms with Gasteiger partial charge in [0.1, 0.15) is 12.1 Å². The molecule has 0 atom stereocenters. The SMILES string of the molecule is CCOC(=O)c1ncn(-c2c(Cl)cc(Br)cc2Cl)c1N. The van der Waals surface area contributed by atoms with Crippen LogP contribution in [0.5, 0.6) is 0 Å². The number of nitrogens with zero attached hydrogens (tertiary/aromatic N) is 2. The highest BCUT2D eigenvalue weighted by Crippen LogP contribution is 2.34. The number of aromatic nitrogens is 2. The molecule has 5 nitrogen and oxygen atoms in total. The van der Waals surface area contributed by atoms with Crippen molar-refractivity contribution < 1.29 is 9.53 Å². The first-order valence-electron chi connectivity index (χ1n) is 5.60. The summed E-state index contributed by atoms with van der Waals surface area (Å²) < 4.78 is 7.05. The van der Waals surface area contributed by atoms with E-state index in [9.17, 15) is 4.79 Å². The van der Waals surface area contributed by atoms with Crippen molar-refractivity contribution >= 4 is 50.9 Å². The minimum absolute atomic E-state index is 0.0295. The van der Waals surface area contributed by atoms with Crippen LogP contribution in [-0.4, -0.2) is 22.1 Å². The van der Waals surface area contributed by atoms with Crippen LogP contribution in [0.15, 0.2) is 22.9 Å². The molecular weight excluding hydrogens is 369 g/mol. The molecule has 0 radical (unpaired) electrons. The van der Waals surface area contributed by atoms with Crippen molar-refractivity contribution in [3.05, 3.63) is 38.7 Å². The number of nitrogens with two attached hydrogens (primary N) is 1. The Kier molecular flexibility index (Phi) is 4.57. The topological polar surface area (TPSA) is 70.1 Å². The Morgan fingerprint density at radius 2 is 2.05 bits per heavy atom. The first-order valence-corrected chi connectivity index (χ1v) is 7.15. The summed E-state index contributed by atoms with van der Waals surface area (Å²) >= 11 is 15.6. The number of halogens is 3. The molecule has 0 spiro atoms. The second-order valence-corrected chi connectivity index (χ2v) is 5.52. The molecule has 0 aliphatic heterocycles. The number of esters is 1. The van der Waals surface area contributed by atoms with Crippen LogP contribution in [-0.2, 0) is 4.74 Å². The lowest BCUT2D eigenvalue weighted by atomic mass is 10.3. The summed E-state index contributed by atoms with van der Waals surface area (Å²) in [7, 11) is 0. The summed E-state index contributed by atoms with van der Waals surface area (Å²) in [4.78, 5) is 15.6. The summed E-state index contributed by atoms with van der Waals surface area (Å²) in [6, 6.07) is 3.35. The highest BCUT2D eigenvalue weighted by Gasteiger charge is 2.20. The van der Waals surface area contributed by atoms with Crippen LogP contribution in [0.25, 0.3) is 5.69 Å². The Hall–Kier alpha value is -1.24. The Morgan fingerprint density at radius 1 is 1.45 bits per heavy atom. The lowest BCUT2D eigenvalue weighted by Crippen LogP contribution is -2.09. The third-order valence-corrected chi connectivity index (χ3v) is 3.53. The van der Waals surface area contributed by atoms with Gasteiger partial charge in [-0.3, -0.25) is 4.57 Å². The molecule has 20 heavy (non-hydrogen) atoms. The van der Waals surface area contributed by atoms with Gasteiger partial charge < -0.3 is 10.5 Å². The van der Waals surface area contributed by atoms with Crippen molar-refractivity contribution in [2.45, 2.75) is 6.92 Å². The average molecular weight is 379 g/mol. The Labute approximate surface area is 133 Å². The van der Waals surface area contributed by atoms with E-state index in [2.05, 4.69) is 20.9 Å². The van der Waals surface area contributed by atoms with Gasteiger partial charge in [0.05, 0.1) is 22.3 Å². The van der Waals surface area contributed by atoms with Crippen molar-refractivity contribution in [3.8, 4) is 5.69 Å². The number of benzene rings is 1. The minimum atomic E-state index is -0.590. The van der Waals surface area contributed by atoms with Crippen LogP contribution in [0.1, 0.15) is 17.4 Å². The maximum Gasteiger partial charge on any atom is 0.360 e. The van der Waals surface area contributed by atoms with Gasteiger partial charge >= 0.3 is 5.97 Å². The van der Waals surface area contributed by atoms with E-state index in [4.69, 9.17) is 33.7 Å². The number of imidazole rings is 1. The fraction of sp³-hybridized carbons (Fsp3) is 0.167. The maximum absolute atomic E-state index is 11.7. The van der Waals surface area contributed by atoms with Crippen molar-refractivity contribution in [3.63, 3.8) is 0 Å². The smallest absolute Gasteiger partial charge is 0.360 e. The second kappa shape index (κ2) is 6.03. The number of rotatable bonds is 3. The third-order valence-electron chi connectivity index (χ3n) is 2.50. The lowest BCUT2D eigenvalue weighted by Gasteiger charge is -2.10. The van der Waals surface area contributed by atoms with Crippen molar-refractivity contribution in [1.82, 2.24) is 9.55 Å². The number of anilines is 1. The van der Waals surface area contributed by atoms with Crippen molar-refractivity contribution in [2.75, 3.05) is 12.3 Å².